The van der Waals surface area contributed by atoms with Crippen molar-refractivity contribution in [3.63, 3.8) is 0 Å². The Morgan fingerprint density at radius 2 is 2.40 bits per heavy atom. The van der Waals surface area contributed by atoms with E-state index in [1.54, 1.807) is 10.9 Å². The van der Waals surface area contributed by atoms with Gasteiger partial charge in [-0.15, -0.1) is 0 Å². The highest BCUT2D eigenvalue weighted by molar-refractivity contribution is 5.63. The molecule has 2 rings (SSSR count). The van der Waals surface area contributed by atoms with Gasteiger partial charge >= 0.3 is 0 Å². The lowest BCUT2D eigenvalue weighted by Crippen LogP contribution is -2.11. The molecule has 4 nitrogen and oxygen atoms in total. The van der Waals surface area contributed by atoms with Crippen LogP contribution in [0.3, 0.4) is 0 Å². The van der Waals surface area contributed by atoms with Crippen LogP contribution in [0.15, 0.2) is 29.1 Å². The summed E-state index contributed by atoms with van der Waals surface area (Å²) in [7, 11) is 1.91. The maximum atomic E-state index is 5.43. The Bertz CT molecular complexity index is 430. The fourth-order valence-electron chi connectivity index (χ4n) is 1.53. The average Bonchev–Trinajstić information content (AvgIpc) is 2.82. The summed E-state index contributed by atoms with van der Waals surface area (Å²) < 4.78 is 7.22. The Morgan fingerprint density at radius 3 is 3.07 bits per heavy atom. The molecule has 0 aliphatic rings. The summed E-state index contributed by atoms with van der Waals surface area (Å²) in [6.07, 6.45) is 5.55. The van der Waals surface area contributed by atoms with Gasteiger partial charge in [-0.2, -0.15) is 5.10 Å². The van der Waals surface area contributed by atoms with Crippen LogP contribution < -0.4 is 5.32 Å². The topological polar surface area (TPSA) is 43.0 Å². The van der Waals surface area contributed by atoms with Crippen LogP contribution in [0.25, 0.3) is 11.1 Å². The molecule has 0 bridgehead atoms. The van der Waals surface area contributed by atoms with E-state index in [-0.39, 0.29) is 0 Å². The molecule has 0 aliphatic heterocycles. The van der Waals surface area contributed by atoms with E-state index < -0.39 is 0 Å². The maximum absolute atomic E-state index is 5.43. The van der Waals surface area contributed by atoms with E-state index in [1.165, 1.54) is 0 Å². The Balaban J connectivity index is 2.24. The van der Waals surface area contributed by atoms with E-state index in [0.29, 0.717) is 0 Å². The van der Waals surface area contributed by atoms with Gasteiger partial charge in [-0.25, -0.2) is 0 Å². The third-order valence-electron chi connectivity index (χ3n) is 2.30. The number of nitrogens with one attached hydrogen (secondary N) is 1. The lowest BCUT2D eigenvalue weighted by molar-refractivity contribution is 0.489. The Hall–Kier alpha value is -1.55. The molecule has 0 saturated heterocycles. The van der Waals surface area contributed by atoms with Crippen LogP contribution in [0, 0.1) is 0 Å². The second-order valence-corrected chi connectivity index (χ2v) is 3.44. The molecule has 0 radical (unpaired) electrons. The molecule has 4 heteroatoms. The van der Waals surface area contributed by atoms with Gasteiger partial charge in [0, 0.05) is 24.4 Å². The third kappa shape index (κ3) is 2.10. The van der Waals surface area contributed by atoms with E-state index in [1.807, 2.05) is 25.5 Å². The molecule has 0 atom stereocenters. The smallest absolute Gasteiger partial charge is 0.125 e. The quantitative estimate of drug-likeness (QED) is 0.827. The molecule has 2 aromatic rings. The first-order valence-electron chi connectivity index (χ1n) is 5.07. The first-order chi connectivity index (χ1) is 7.31. The average molecular weight is 205 g/mol. The number of hydrogen-bond acceptors (Lipinski definition) is 3. The minimum absolute atomic E-state index is 0.758. The molecule has 2 aromatic heterocycles. The molecular formula is C11H15N3O. The van der Waals surface area contributed by atoms with E-state index in [2.05, 4.69) is 17.3 Å². The van der Waals surface area contributed by atoms with Crippen molar-refractivity contribution in [3.8, 4) is 11.1 Å². The molecule has 0 saturated carbocycles. The van der Waals surface area contributed by atoms with E-state index >= 15 is 0 Å². The van der Waals surface area contributed by atoms with Gasteiger partial charge in [-0.05, 0) is 12.6 Å². The van der Waals surface area contributed by atoms with Crippen LogP contribution in [0.2, 0.25) is 0 Å². The summed E-state index contributed by atoms with van der Waals surface area (Å²) in [4.78, 5) is 0. The summed E-state index contributed by atoms with van der Waals surface area (Å²) in [5, 5.41) is 7.40. The molecular weight excluding hydrogens is 190 g/mol. The van der Waals surface area contributed by atoms with Crippen molar-refractivity contribution < 1.29 is 4.42 Å². The monoisotopic (exact) mass is 205 g/mol. The van der Waals surface area contributed by atoms with Crippen molar-refractivity contribution in [3.05, 3.63) is 30.5 Å². The number of rotatable bonds is 4. The van der Waals surface area contributed by atoms with Crippen molar-refractivity contribution in [2.24, 2.45) is 7.05 Å². The molecule has 80 valence electrons. The Morgan fingerprint density at radius 1 is 1.53 bits per heavy atom. The largest absolute Gasteiger partial charge is 0.467 e. The number of furan rings is 1. The Labute approximate surface area is 88.9 Å². The van der Waals surface area contributed by atoms with Crippen LogP contribution in [-0.2, 0) is 13.6 Å². The van der Waals surface area contributed by atoms with Gasteiger partial charge < -0.3 is 9.73 Å². The maximum Gasteiger partial charge on any atom is 0.125 e. The van der Waals surface area contributed by atoms with Gasteiger partial charge in [-0.1, -0.05) is 6.92 Å². The number of nitrogens with zero attached hydrogens (tertiary/aromatic N) is 2. The van der Waals surface area contributed by atoms with E-state index in [9.17, 15) is 0 Å². The van der Waals surface area contributed by atoms with Crippen LogP contribution in [0.4, 0.5) is 0 Å². The summed E-state index contributed by atoms with van der Waals surface area (Å²) >= 11 is 0. The zero-order valence-corrected chi connectivity index (χ0v) is 9.03. The highest BCUT2D eigenvalue weighted by Gasteiger charge is 2.09. The van der Waals surface area contributed by atoms with Crippen LogP contribution >= 0.6 is 0 Å². The normalized spacial score (nSPS) is 10.8. The number of aryl methyl sites for hydroxylation is 1. The zero-order chi connectivity index (χ0) is 10.7. The van der Waals surface area contributed by atoms with Gasteiger partial charge in [-0.3, -0.25) is 4.68 Å². The molecule has 0 aromatic carbocycles. The minimum atomic E-state index is 0.758. The van der Waals surface area contributed by atoms with Crippen LogP contribution in [0.5, 0.6) is 0 Å². The van der Waals surface area contributed by atoms with Gasteiger partial charge in [0.2, 0.25) is 0 Å². The molecule has 15 heavy (non-hydrogen) atoms. The van der Waals surface area contributed by atoms with Gasteiger partial charge in [0.15, 0.2) is 0 Å². The fourth-order valence-corrected chi connectivity index (χ4v) is 1.53. The van der Waals surface area contributed by atoms with Crippen molar-refractivity contribution >= 4 is 0 Å². The molecule has 2 heterocycles. The number of hydrogen-bond donors (Lipinski definition) is 1. The van der Waals surface area contributed by atoms with Crippen molar-refractivity contribution in [1.29, 1.82) is 0 Å². The van der Waals surface area contributed by atoms with Crippen molar-refractivity contribution in [2.45, 2.75) is 13.5 Å². The van der Waals surface area contributed by atoms with Gasteiger partial charge in [0.05, 0.1) is 19.0 Å². The SMILES string of the molecule is CCNCc1occc1-c1cnn(C)c1. The van der Waals surface area contributed by atoms with E-state index in [4.69, 9.17) is 4.42 Å². The molecule has 0 spiro atoms. The molecule has 0 amide bonds. The van der Waals surface area contributed by atoms with E-state index in [0.717, 1.165) is 30.0 Å². The molecule has 0 fully saturated rings. The van der Waals surface area contributed by atoms with Crippen molar-refractivity contribution in [1.82, 2.24) is 15.1 Å². The predicted molar refractivity (Wildman–Crippen MR) is 58.3 cm³/mol. The first kappa shape index (κ1) is 9.98. The van der Waals surface area contributed by atoms with Crippen LogP contribution in [-0.4, -0.2) is 16.3 Å². The first-order valence-corrected chi connectivity index (χ1v) is 5.07. The van der Waals surface area contributed by atoms with Crippen molar-refractivity contribution in [2.75, 3.05) is 6.54 Å². The highest BCUT2D eigenvalue weighted by Crippen LogP contribution is 2.23. The third-order valence-corrected chi connectivity index (χ3v) is 2.30. The Kier molecular flexibility index (Phi) is 2.87. The zero-order valence-electron chi connectivity index (χ0n) is 9.03. The van der Waals surface area contributed by atoms with Crippen LogP contribution in [0.1, 0.15) is 12.7 Å². The standard InChI is InChI=1S/C11H15N3O/c1-3-12-7-11-10(4-5-15-11)9-6-13-14(2)8-9/h4-6,8,12H,3,7H2,1-2H3. The fraction of sp³-hybridized carbons (Fsp3) is 0.364. The molecule has 1 N–H and O–H groups in total. The van der Waals surface area contributed by atoms with Gasteiger partial charge in [0.1, 0.15) is 5.76 Å². The summed E-state index contributed by atoms with van der Waals surface area (Å²) in [6.45, 7) is 3.77. The summed E-state index contributed by atoms with van der Waals surface area (Å²) in [6, 6.07) is 1.98. The highest BCUT2D eigenvalue weighted by atomic mass is 16.3. The lowest BCUT2D eigenvalue weighted by atomic mass is 10.1. The molecule has 0 unspecified atom stereocenters. The summed E-state index contributed by atoms with van der Waals surface area (Å²) in [5.41, 5.74) is 2.21. The van der Waals surface area contributed by atoms with Gasteiger partial charge in [0.25, 0.3) is 0 Å². The summed E-state index contributed by atoms with van der Waals surface area (Å²) in [5.74, 6) is 0.963. The number of aromatic nitrogens is 2. The molecule has 0 aliphatic carbocycles. The minimum Gasteiger partial charge on any atom is -0.467 e. The predicted octanol–water partition coefficient (Wildman–Crippen LogP) is 1.79. The second-order valence-electron chi connectivity index (χ2n) is 3.44. The lowest BCUT2D eigenvalue weighted by Gasteiger charge is -2.00. The second kappa shape index (κ2) is 4.31.